The maximum Gasteiger partial charge on any atom is 0.416 e. The van der Waals surface area contributed by atoms with E-state index in [4.69, 9.17) is 9.47 Å². The van der Waals surface area contributed by atoms with Crippen LogP contribution in [0.1, 0.15) is 12.5 Å². The van der Waals surface area contributed by atoms with Crippen molar-refractivity contribution in [3.05, 3.63) is 66.7 Å². The van der Waals surface area contributed by atoms with E-state index in [1.807, 2.05) is 0 Å². The summed E-state index contributed by atoms with van der Waals surface area (Å²) in [6.07, 6.45) is -3.56. The van der Waals surface area contributed by atoms with Crippen molar-refractivity contribution in [2.75, 3.05) is 31.7 Å². The third-order valence-electron chi connectivity index (χ3n) is 4.51. The molecule has 0 radical (unpaired) electrons. The maximum absolute atomic E-state index is 13.2. The fraction of sp³-hybridized carbons (Fsp3) is 0.304. The first-order valence-corrected chi connectivity index (χ1v) is 10.3. The van der Waals surface area contributed by atoms with Gasteiger partial charge in [0.1, 0.15) is 0 Å². The number of halogens is 3. The molecule has 1 aromatic heterocycles. The van der Waals surface area contributed by atoms with Crippen molar-refractivity contribution in [1.82, 2.24) is 14.8 Å². The van der Waals surface area contributed by atoms with E-state index in [0.717, 1.165) is 17.8 Å². The first-order valence-electron chi connectivity index (χ1n) is 10.3. The summed E-state index contributed by atoms with van der Waals surface area (Å²) in [5.41, 5.74) is 0.810. The van der Waals surface area contributed by atoms with Gasteiger partial charge in [-0.3, -0.25) is 0 Å². The summed E-state index contributed by atoms with van der Waals surface area (Å²) < 4.78 is 51.6. The molecule has 1 heterocycles. The summed E-state index contributed by atoms with van der Waals surface area (Å²) in [7, 11) is 0. The van der Waals surface area contributed by atoms with Gasteiger partial charge in [0, 0.05) is 17.8 Å². The molecule has 176 valence electrons. The number of nitrogens with zero attached hydrogens (tertiary/aromatic N) is 3. The Morgan fingerprint density at radius 1 is 1.21 bits per heavy atom. The average molecular weight is 462 g/mol. The highest BCUT2D eigenvalue weighted by atomic mass is 19.4. The van der Waals surface area contributed by atoms with E-state index >= 15 is 0 Å². The molecule has 0 amide bonds. The molecule has 1 unspecified atom stereocenters. The molecule has 0 aliphatic heterocycles. The van der Waals surface area contributed by atoms with Crippen LogP contribution in [0, 0.1) is 0 Å². The number of rotatable bonds is 11. The molecular formula is C23H25F3N4O3. The molecule has 2 N–H and O–H groups in total. The van der Waals surface area contributed by atoms with Gasteiger partial charge in [0.25, 0.3) is 0 Å². The zero-order valence-corrected chi connectivity index (χ0v) is 18.0. The van der Waals surface area contributed by atoms with Crippen LogP contribution in [0.4, 0.5) is 18.9 Å². The number of benzene rings is 2. The third kappa shape index (κ3) is 6.56. The molecule has 0 saturated carbocycles. The summed E-state index contributed by atoms with van der Waals surface area (Å²) >= 11 is 0. The number of alkyl halides is 3. The number of nitrogens with one attached hydrogen (secondary N) is 1. The summed E-state index contributed by atoms with van der Waals surface area (Å²) in [5, 5.41) is 17.3. The van der Waals surface area contributed by atoms with Crippen LogP contribution in [0.2, 0.25) is 0 Å². The Morgan fingerprint density at radius 3 is 2.64 bits per heavy atom. The molecule has 10 heteroatoms. The summed E-state index contributed by atoms with van der Waals surface area (Å²) in [6, 6.07) is 12.0. The second kappa shape index (κ2) is 11.0. The number of aliphatic hydroxyl groups excluding tert-OH is 1. The normalized spacial score (nSPS) is 12.4. The number of hydrogen-bond donors (Lipinski definition) is 2. The van der Waals surface area contributed by atoms with E-state index in [2.05, 4.69) is 22.0 Å². The number of ether oxygens (including phenoxy) is 2. The van der Waals surface area contributed by atoms with Crippen molar-refractivity contribution in [3.8, 4) is 23.1 Å². The Balaban J connectivity index is 1.82. The first kappa shape index (κ1) is 24.3. The van der Waals surface area contributed by atoms with Crippen LogP contribution in [-0.4, -0.2) is 52.3 Å². The fourth-order valence-corrected chi connectivity index (χ4v) is 2.99. The van der Waals surface area contributed by atoms with Gasteiger partial charge >= 0.3 is 12.2 Å². The zero-order chi connectivity index (χ0) is 23.8. The molecule has 0 aliphatic carbocycles. The minimum absolute atomic E-state index is 0.0646. The van der Waals surface area contributed by atoms with Crippen molar-refractivity contribution >= 4 is 5.69 Å². The molecule has 33 heavy (non-hydrogen) atoms. The highest BCUT2D eigenvalue weighted by Crippen LogP contribution is 2.32. The van der Waals surface area contributed by atoms with Gasteiger partial charge in [-0.05, 0) is 43.3 Å². The lowest BCUT2D eigenvalue weighted by molar-refractivity contribution is -0.137. The Hall–Kier alpha value is -3.37. The molecule has 7 nitrogen and oxygen atoms in total. The largest absolute Gasteiger partial charge is 0.463 e. The van der Waals surface area contributed by atoms with E-state index in [-0.39, 0.29) is 30.5 Å². The van der Waals surface area contributed by atoms with Crippen molar-refractivity contribution in [1.29, 1.82) is 0 Å². The van der Waals surface area contributed by atoms with Crippen molar-refractivity contribution in [2.45, 2.75) is 19.2 Å². The minimum atomic E-state index is -4.47. The molecule has 3 rings (SSSR count). The molecule has 2 aromatic carbocycles. The van der Waals surface area contributed by atoms with Crippen molar-refractivity contribution < 1.29 is 27.8 Å². The van der Waals surface area contributed by atoms with Gasteiger partial charge in [-0.15, -0.1) is 11.7 Å². The monoisotopic (exact) mass is 462 g/mol. The Bertz CT molecular complexity index is 1050. The smallest absolute Gasteiger partial charge is 0.416 e. The third-order valence-corrected chi connectivity index (χ3v) is 4.51. The van der Waals surface area contributed by atoms with Gasteiger partial charge in [-0.1, -0.05) is 18.2 Å². The SMILES string of the molecule is C=CCOCC(O)CNc1ccc(-n2nc(OCC)nc2-c2cccc(C(F)(F)F)c2)cc1. The van der Waals surface area contributed by atoms with Crippen LogP contribution < -0.4 is 10.1 Å². The molecule has 3 aromatic rings. The number of aliphatic hydroxyl groups is 1. The molecular weight excluding hydrogens is 437 g/mol. The molecule has 0 spiro atoms. The number of aromatic nitrogens is 3. The summed E-state index contributed by atoms with van der Waals surface area (Å²) in [5.74, 6) is 0.222. The van der Waals surface area contributed by atoms with Gasteiger partial charge in [-0.2, -0.15) is 18.2 Å². The lowest BCUT2D eigenvalue weighted by Gasteiger charge is -2.13. The van der Waals surface area contributed by atoms with E-state index in [1.54, 1.807) is 37.3 Å². The van der Waals surface area contributed by atoms with Gasteiger partial charge in [0.15, 0.2) is 5.82 Å². The van der Waals surface area contributed by atoms with Gasteiger partial charge in [-0.25, -0.2) is 4.68 Å². The highest BCUT2D eigenvalue weighted by Gasteiger charge is 2.31. The zero-order valence-electron chi connectivity index (χ0n) is 18.0. The lowest BCUT2D eigenvalue weighted by Crippen LogP contribution is -2.24. The van der Waals surface area contributed by atoms with Gasteiger partial charge < -0.3 is 19.9 Å². The summed E-state index contributed by atoms with van der Waals surface area (Å²) in [4.78, 5) is 4.28. The second-order valence-corrected chi connectivity index (χ2v) is 7.05. The lowest BCUT2D eigenvalue weighted by atomic mass is 10.1. The van der Waals surface area contributed by atoms with Crippen LogP contribution in [0.15, 0.2) is 61.2 Å². The number of hydrogen-bond acceptors (Lipinski definition) is 6. The minimum Gasteiger partial charge on any atom is -0.463 e. The molecule has 0 saturated heterocycles. The summed E-state index contributed by atoms with van der Waals surface area (Å²) in [6.45, 7) is 6.45. The van der Waals surface area contributed by atoms with E-state index in [9.17, 15) is 18.3 Å². The van der Waals surface area contributed by atoms with Crippen molar-refractivity contribution in [2.24, 2.45) is 0 Å². The van der Waals surface area contributed by atoms with Crippen LogP contribution in [-0.2, 0) is 10.9 Å². The molecule has 1 atom stereocenters. The molecule has 0 aliphatic rings. The Kier molecular flexibility index (Phi) is 8.07. The van der Waals surface area contributed by atoms with Crippen LogP contribution in [0.25, 0.3) is 17.1 Å². The van der Waals surface area contributed by atoms with E-state index < -0.39 is 17.8 Å². The van der Waals surface area contributed by atoms with E-state index in [0.29, 0.717) is 18.9 Å². The topological polar surface area (TPSA) is 81.4 Å². The average Bonchev–Trinajstić information content (AvgIpc) is 3.22. The molecule has 0 fully saturated rings. The van der Waals surface area contributed by atoms with Crippen molar-refractivity contribution in [3.63, 3.8) is 0 Å². The Labute approximate surface area is 189 Å². The van der Waals surface area contributed by atoms with E-state index in [1.165, 1.54) is 16.8 Å². The van der Waals surface area contributed by atoms with Crippen LogP contribution >= 0.6 is 0 Å². The highest BCUT2D eigenvalue weighted by molar-refractivity contribution is 5.60. The second-order valence-electron chi connectivity index (χ2n) is 7.05. The number of anilines is 1. The van der Waals surface area contributed by atoms with Crippen LogP contribution in [0.3, 0.4) is 0 Å². The fourth-order valence-electron chi connectivity index (χ4n) is 2.99. The standard InChI is InChI=1S/C23H25F3N4O3/c1-3-12-32-15-20(31)14-27-18-8-10-19(11-9-18)30-21(28-22(29-30)33-4-2)16-6-5-7-17(13-16)23(24,25)26/h3,5-11,13,20,27,31H,1,4,12,14-15H2,2H3. The predicted molar refractivity (Wildman–Crippen MR) is 118 cm³/mol. The predicted octanol–water partition coefficient (Wildman–Crippen LogP) is 4.33. The Morgan fingerprint density at radius 2 is 1.97 bits per heavy atom. The molecule has 0 bridgehead atoms. The van der Waals surface area contributed by atoms with Gasteiger partial charge in [0.2, 0.25) is 0 Å². The quantitative estimate of drug-likeness (QED) is 0.326. The first-order chi connectivity index (χ1) is 15.8. The van der Waals surface area contributed by atoms with Gasteiger partial charge in [0.05, 0.1) is 37.2 Å². The maximum atomic E-state index is 13.2. The van der Waals surface area contributed by atoms with Crippen LogP contribution in [0.5, 0.6) is 6.01 Å².